The molecule has 0 fully saturated rings. The van der Waals surface area contributed by atoms with Crippen LogP contribution in [0.1, 0.15) is 43.0 Å². The van der Waals surface area contributed by atoms with Crippen LogP contribution < -0.4 is 0 Å². The minimum Gasteiger partial charge on any atom is -0.372 e. The van der Waals surface area contributed by atoms with Crippen LogP contribution in [-0.4, -0.2) is 51.5 Å². The Balaban J connectivity index is 1.97. The zero-order valence-electron chi connectivity index (χ0n) is 21.3. The Morgan fingerprint density at radius 2 is 1.46 bits per heavy atom. The fraction of sp³-hybridized carbons (Fsp3) is 0.188. The molecule has 1 aliphatic carbocycles. The minimum atomic E-state index is -1.19. The second kappa shape index (κ2) is 11.1. The summed E-state index contributed by atoms with van der Waals surface area (Å²) in [5.41, 5.74) is 2.97. The zero-order chi connectivity index (χ0) is 26.4. The first-order chi connectivity index (χ1) is 17.9. The Hall–Kier alpha value is -4.42. The van der Waals surface area contributed by atoms with E-state index in [2.05, 4.69) is 23.7 Å². The molecule has 4 rings (SSSR count). The van der Waals surface area contributed by atoms with E-state index >= 15 is 0 Å². The minimum absolute atomic E-state index is 0.0659. The average Bonchev–Trinajstić information content (AvgIpc) is 2.94. The molecular formula is C32H27NO4. The molecule has 0 unspecified atom stereocenters. The SMILES string of the molecule is COCC#C/C=C(\C#CC1(OC)c2ccccc2C(=O)c2ccccc21)c1ccccc1C(=O)N(C)C. The van der Waals surface area contributed by atoms with E-state index in [1.54, 1.807) is 52.6 Å². The summed E-state index contributed by atoms with van der Waals surface area (Å²) in [6.07, 6.45) is 1.68. The molecule has 3 aromatic carbocycles. The third-order valence-corrected chi connectivity index (χ3v) is 6.17. The first-order valence-electron chi connectivity index (χ1n) is 11.7. The van der Waals surface area contributed by atoms with Crippen LogP contribution in [0.5, 0.6) is 0 Å². The van der Waals surface area contributed by atoms with Crippen molar-refractivity contribution in [3.8, 4) is 23.7 Å². The summed E-state index contributed by atoms with van der Waals surface area (Å²) < 4.78 is 11.2. The van der Waals surface area contributed by atoms with Crippen molar-refractivity contribution in [3.63, 3.8) is 0 Å². The van der Waals surface area contributed by atoms with Crippen molar-refractivity contribution in [2.75, 3.05) is 34.9 Å². The lowest BCUT2D eigenvalue weighted by Gasteiger charge is -2.35. The molecule has 0 atom stereocenters. The Labute approximate surface area is 217 Å². The lowest BCUT2D eigenvalue weighted by molar-refractivity contribution is 0.0679. The second-order valence-corrected chi connectivity index (χ2v) is 8.61. The Morgan fingerprint density at radius 3 is 2.03 bits per heavy atom. The molecule has 0 saturated heterocycles. The summed E-state index contributed by atoms with van der Waals surface area (Å²) >= 11 is 0. The fourth-order valence-electron chi connectivity index (χ4n) is 4.39. The van der Waals surface area contributed by atoms with Gasteiger partial charge in [0.25, 0.3) is 5.91 Å². The van der Waals surface area contributed by atoms with Gasteiger partial charge in [-0.2, -0.15) is 0 Å². The fourth-order valence-corrected chi connectivity index (χ4v) is 4.39. The summed E-state index contributed by atoms with van der Waals surface area (Å²) in [6.45, 7) is 0.264. The molecule has 0 aromatic heterocycles. The average molecular weight is 490 g/mol. The van der Waals surface area contributed by atoms with Crippen LogP contribution in [0.25, 0.3) is 5.57 Å². The van der Waals surface area contributed by atoms with Crippen molar-refractivity contribution >= 4 is 17.3 Å². The van der Waals surface area contributed by atoms with Crippen molar-refractivity contribution in [2.24, 2.45) is 0 Å². The molecule has 0 saturated carbocycles. The topological polar surface area (TPSA) is 55.8 Å². The van der Waals surface area contributed by atoms with Crippen molar-refractivity contribution < 1.29 is 19.1 Å². The van der Waals surface area contributed by atoms with Gasteiger partial charge in [0.2, 0.25) is 0 Å². The van der Waals surface area contributed by atoms with Gasteiger partial charge in [-0.3, -0.25) is 9.59 Å². The highest BCUT2D eigenvalue weighted by Gasteiger charge is 2.42. The van der Waals surface area contributed by atoms with Crippen LogP contribution in [0.15, 0.2) is 78.9 Å². The molecule has 0 radical (unpaired) electrons. The van der Waals surface area contributed by atoms with Crippen LogP contribution >= 0.6 is 0 Å². The number of allylic oxidation sites excluding steroid dienone is 2. The smallest absolute Gasteiger partial charge is 0.253 e. The molecule has 0 spiro atoms. The summed E-state index contributed by atoms with van der Waals surface area (Å²) in [5, 5.41) is 0. The molecule has 1 amide bonds. The molecule has 0 bridgehead atoms. The molecule has 37 heavy (non-hydrogen) atoms. The van der Waals surface area contributed by atoms with E-state index in [0.717, 1.165) is 0 Å². The van der Waals surface area contributed by atoms with Gasteiger partial charge in [0.1, 0.15) is 6.61 Å². The van der Waals surface area contributed by atoms with Gasteiger partial charge in [-0.25, -0.2) is 0 Å². The van der Waals surface area contributed by atoms with Crippen molar-refractivity contribution in [1.29, 1.82) is 0 Å². The van der Waals surface area contributed by atoms with Gasteiger partial charge >= 0.3 is 0 Å². The van der Waals surface area contributed by atoms with Crippen molar-refractivity contribution in [1.82, 2.24) is 4.90 Å². The third-order valence-electron chi connectivity index (χ3n) is 6.17. The Bertz CT molecular complexity index is 1460. The van der Waals surface area contributed by atoms with Gasteiger partial charge in [-0.1, -0.05) is 90.4 Å². The number of benzene rings is 3. The maximum atomic E-state index is 13.3. The molecule has 0 heterocycles. The standard InChI is InChI=1S/C32H27NO4/c1-33(2)31(35)25-15-6-5-14-24(25)23(13-11-12-22-36-3)20-21-32(37-4)28-18-9-7-16-26(28)30(34)27-17-8-10-19-29(27)32/h5-10,13-19H,22H2,1-4H3/b23-13+. The second-order valence-electron chi connectivity index (χ2n) is 8.61. The highest BCUT2D eigenvalue weighted by molar-refractivity contribution is 6.13. The van der Waals surface area contributed by atoms with Gasteiger partial charge in [0, 0.05) is 73.3 Å². The summed E-state index contributed by atoms with van der Waals surface area (Å²) in [6, 6.07) is 22.0. The van der Waals surface area contributed by atoms with E-state index in [0.29, 0.717) is 39.0 Å². The number of amides is 1. The Kier molecular flexibility index (Phi) is 7.70. The predicted molar refractivity (Wildman–Crippen MR) is 144 cm³/mol. The van der Waals surface area contributed by atoms with E-state index in [4.69, 9.17) is 9.47 Å². The summed E-state index contributed by atoms with van der Waals surface area (Å²) in [4.78, 5) is 27.8. The third kappa shape index (κ3) is 4.84. The highest BCUT2D eigenvalue weighted by Crippen LogP contribution is 2.42. The first-order valence-corrected chi connectivity index (χ1v) is 11.7. The largest absolute Gasteiger partial charge is 0.372 e. The Morgan fingerprint density at radius 1 is 0.892 bits per heavy atom. The van der Waals surface area contributed by atoms with Crippen LogP contribution in [0.3, 0.4) is 0 Å². The van der Waals surface area contributed by atoms with E-state index in [-0.39, 0.29) is 18.3 Å². The van der Waals surface area contributed by atoms with Gasteiger partial charge < -0.3 is 14.4 Å². The van der Waals surface area contributed by atoms with E-state index in [1.807, 2.05) is 54.6 Å². The molecule has 0 N–H and O–H groups in total. The predicted octanol–water partition coefficient (Wildman–Crippen LogP) is 4.56. The number of carbonyl (C=O) groups is 2. The van der Waals surface area contributed by atoms with Crippen LogP contribution in [0.4, 0.5) is 0 Å². The van der Waals surface area contributed by atoms with Crippen LogP contribution in [-0.2, 0) is 15.1 Å². The number of carbonyl (C=O) groups excluding carboxylic acids is 2. The van der Waals surface area contributed by atoms with Gasteiger partial charge in [-0.15, -0.1) is 0 Å². The van der Waals surface area contributed by atoms with Crippen LogP contribution in [0.2, 0.25) is 0 Å². The lowest BCUT2D eigenvalue weighted by Crippen LogP contribution is -2.36. The summed E-state index contributed by atoms with van der Waals surface area (Å²) in [7, 11) is 6.58. The maximum Gasteiger partial charge on any atom is 0.253 e. The van der Waals surface area contributed by atoms with Gasteiger partial charge in [-0.05, 0) is 6.07 Å². The monoisotopic (exact) mass is 489 g/mol. The number of ketones is 1. The quantitative estimate of drug-likeness (QED) is 0.505. The van der Waals surface area contributed by atoms with Crippen molar-refractivity contribution in [2.45, 2.75) is 5.60 Å². The molecular weight excluding hydrogens is 462 g/mol. The first kappa shape index (κ1) is 25.7. The van der Waals surface area contributed by atoms with Crippen LogP contribution in [0, 0.1) is 23.7 Å². The highest BCUT2D eigenvalue weighted by atomic mass is 16.5. The van der Waals surface area contributed by atoms with Gasteiger partial charge in [0.15, 0.2) is 11.4 Å². The van der Waals surface area contributed by atoms with E-state index < -0.39 is 5.60 Å². The number of ether oxygens (including phenoxy) is 2. The number of methoxy groups -OCH3 is 2. The van der Waals surface area contributed by atoms with E-state index in [9.17, 15) is 9.59 Å². The number of fused-ring (bicyclic) bond motifs is 2. The maximum absolute atomic E-state index is 13.3. The molecule has 3 aromatic rings. The number of hydrogen-bond acceptors (Lipinski definition) is 4. The van der Waals surface area contributed by atoms with Gasteiger partial charge in [0.05, 0.1) is 0 Å². The summed E-state index contributed by atoms with van der Waals surface area (Å²) in [5.74, 6) is 12.3. The molecule has 5 heteroatoms. The van der Waals surface area contributed by atoms with E-state index in [1.165, 1.54) is 4.90 Å². The molecule has 1 aliphatic rings. The molecule has 0 aliphatic heterocycles. The normalized spacial score (nSPS) is 13.3. The molecule has 5 nitrogen and oxygen atoms in total. The lowest BCUT2D eigenvalue weighted by atomic mass is 9.74. The number of rotatable bonds is 4. The number of hydrogen-bond donors (Lipinski definition) is 0. The van der Waals surface area contributed by atoms with Crippen molar-refractivity contribution in [3.05, 3.63) is 112 Å². The zero-order valence-corrected chi connectivity index (χ0v) is 21.3. The number of nitrogens with zero attached hydrogens (tertiary/aromatic N) is 1. The molecule has 184 valence electrons.